The third-order valence-electron chi connectivity index (χ3n) is 3.99. The smallest absolute Gasteiger partial charge is 0.295 e. The third kappa shape index (κ3) is 3.08. The first-order chi connectivity index (χ1) is 12.5. The molecule has 1 amide bonds. The number of carbonyl (C=O) groups is 1. The molecular formula is C19H16N4O3. The van der Waals surface area contributed by atoms with Gasteiger partial charge in [0.1, 0.15) is 23.1 Å². The molecule has 3 rings (SSSR count). The van der Waals surface area contributed by atoms with Crippen LogP contribution in [-0.2, 0) is 11.8 Å². The lowest BCUT2D eigenvalue weighted by molar-refractivity contribution is -0.112. The van der Waals surface area contributed by atoms with E-state index in [2.05, 4.69) is 5.32 Å². The van der Waals surface area contributed by atoms with E-state index in [9.17, 15) is 14.9 Å². The Kier molecular flexibility index (Phi) is 4.58. The zero-order chi connectivity index (χ0) is 18.7. The maximum atomic E-state index is 12.8. The Morgan fingerprint density at radius 3 is 2.58 bits per heavy atom. The predicted octanol–water partition coefficient (Wildman–Crippen LogP) is 2.62. The minimum absolute atomic E-state index is 0.127. The Hall–Kier alpha value is -3.79. The first kappa shape index (κ1) is 17.0. The van der Waals surface area contributed by atoms with Crippen LogP contribution in [-0.4, -0.2) is 15.3 Å². The van der Waals surface area contributed by atoms with Crippen LogP contribution in [0.3, 0.4) is 0 Å². The average molecular weight is 348 g/mol. The number of hydrogen-bond acceptors (Lipinski definition) is 4. The monoisotopic (exact) mass is 348 g/mol. The lowest BCUT2D eigenvalue weighted by Crippen LogP contribution is -2.23. The molecule has 2 heterocycles. The number of rotatable bonds is 4. The van der Waals surface area contributed by atoms with Gasteiger partial charge in [0, 0.05) is 13.1 Å². The molecule has 0 aliphatic carbocycles. The fraction of sp³-hybridized carbons (Fsp3) is 0.105. The molecule has 0 aliphatic rings. The van der Waals surface area contributed by atoms with E-state index in [1.807, 2.05) is 24.3 Å². The zero-order valence-corrected chi connectivity index (χ0v) is 14.3. The molecule has 0 aliphatic heterocycles. The van der Waals surface area contributed by atoms with Crippen LogP contribution >= 0.6 is 0 Å². The Morgan fingerprint density at radius 1 is 1.23 bits per heavy atom. The third-order valence-corrected chi connectivity index (χ3v) is 3.99. The van der Waals surface area contributed by atoms with Crippen LogP contribution in [0.4, 0.5) is 5.69 Å². The number of anilines is 1. The second-order valence-corrected chi connectivity index (χ2v) is 5.58. The van der Waals surface area contributed by atoms with Gasteiger partial charge in [0.2, 0.25) is 0 Å². The molecule has 130 valence electrons. The van der Waals surface area contributed by atoms with Crippen molar-refractivity contribution >= 4 is 17.7 Å². The molecule has 7 heteroatoms. The summed E-state index contributed by atoms with van der Waals surface area (Å²) in [5.41, 5.74) is 0.841. The van der Waals surface area contributed by atoms with Crippen LogP contribution in [0, 0.1) is 18.3 Å². The van der Waals surface area contributed by atoms with Crippen LogP contribution in [0.15, 0.2) is 63.5 Å². The highest BCUT2D eigenvalue weighted by atomic mass is 16.3. The van der Waals surface area contributed by atoms with Crippen molar-refractivity contribution in [1.82, 2.24) is 9.36 Å². The minimum Gasteiger partial charge on any atom is -0.465 e. The van der Waals surface area contributed by atoms with Crippen LogP contribution in [0.1, 0.15) is 11.5 Å². The number of hydrogen-bond donors (Lipinski definition) is 1. The van der Waals surface area contributed by atoms with E-state index >= 15 is 0 Å². The summed E-state index contributed by atoms with van der Waals surface area (Å²) in [6.07, 6.45) is 2.77. The van der Waals surface area contributed by atoms with Gasteiger partial charge in [0.15, 0.2) is 0 Å². The van der Waals surface area contributed by atoms with Gasteiger partial charge in [-0.15, -0.1) is 0 Å². The molecule has 26 heavy (non-hydrogen) atoms. The van der Waals surface area contributed by atoms with Crippen molar-refractivity contribution in [3.05, 3.63) is 76.1 Å². The van der Waals surface area contributed by atoms with Crippen LogP contribution < -0.4 is 10.9 Å². The zero-order valence-electron chi connectivity index (χ0n) is 14.3. The molecule has 0 radical (unpaired) electrons. The van der Waals surface area contributed by atoms with Crippen molar-refractivity contribution in [2.24, 2.45) is 7.05 Å². The molecule has 0 unspecified atom stereocenters. The number of amides is 1. The summed E-state index contributed by atoms with van der Waals surface area (Å²) >= 11 is 0. The van der Waals surface area contributed by atoms with E-state index in [0.29, 0.717) is 17.1 Å². The number of carbonyl (C=O) groups excluding carboxylic acids is 1. The minimum atomic E-state index is -0.671. The highest BCUT2D eigenvalue weighted by molar-refractivity contribution is 6.09. The normalized spacial score (nSPS) is 11.2. The highest BCUT2D eigenvalue weighted by Crippen LogP contribution is 2.15. The van der Waals surface area contributed by atoms with E-state index in [1.165, 1.54) is 17.0 Å². The number of nitrogens with zero attached hydrogens (tertiary/aromatic N) is 3. The fourth-order valence-electron chi connectivity index (χ4n) is 2.56. The number of nitriles is 1. The Labute approximate surface area is 149 Å². The van der Waals surface area contributed by atoms with Crippen LogP contribution in [0.5, 0.6) is 0 Å². The van der Waals surface area contributed by atoms with Crippen molar-refractivity contribution < 1.29 is 9.21 Å². The second-order valence-electron chi connectivity index (χ2n) is 5.58. The second kappa shape index (κ2) is 6.99. The molecule has 0 fully saturated rings. The first-order valence-corrected chi connectivity index (χ1v) is 7.83. The quantitative estimate of drug-likeness (QED) is 0.579. The predicted molar refractivity (Wildman–Crippen MR) is 96.7 cm³/mol. The maximum Gasteiger partial charge on any atom is 0.295 e. The number of aromatic nitrogens is 2. The van der Waals surface area contributed by atoms with E-state index in [-0.39, 0.29) is 16.8 Å². The summed E-state index contributed by atoms with van der Waals surface area (Å²) < 4.78 is 8.22. The van der Waals surface area contributed by atoms with Gasteiger partial charge in [-0.3, -0.25) is 14.3 Å². The number of benzene rings is 1. The lowest BCUT2D eigenvalue weighted by Gasteiger charge is -2.07. The Bertz CT molecular complexity index is 1060. The first-order valence-electron chi connectivity index (χ1n) is 7.83. The molecule has 0 saturated heterocycles. The summed E-state index contributed by atoms with van der Waals surface area (Å²) in [5.74, 6) is -0.293. The van der Waals surface area contributed by atoms with Gasteiger partial charge in [-0.25, -0.2) is 4.68 Å². The molecule has 0 atom stereocenters. The van der Waals surface area contributed by atoms with Crippen LogP contribution in [0.25, 0.3) is 11.8 Å². The van der Waals surface area contributed by atoms with Crippen molar-refractivity contribution in [1.29, 1.82) is 5.26 Å². The Morgan fingerprint density at radius 2 is 1.96 bits per heavy atom. The number of nitrogens with one attached hydrogen (secondary N) is 1. The van der Waals surface area contributed by atoms with Crippen LogP contribution in [0.2, 0.25) is 0 Å². The summed E-state index contributed by atoms with van der Waals surface area (Å²) in [7, 11) is 1.73. The van der Waals surface area contributed by atoms with E-state index < -0.39 is 5.91 Å². The van der Waals surface area contributed by atoms with Gasteiger partial charge in [-0.2, -0.15) is 5.26 Å². The van der Waals surface area contributed by atoms with E-state index in [0.717, 1.165) is 0 Å². The topological polar surface area (TPSA) is 93.0 Å². The average Bonchev–Trinajstić information content (AvgIpc) is 3.23. The molecule has 0 bridgehead atoms. The molecule has 1 aromatic carbocycles. The largest absolute Gasteiger partial charge is 0.465 e. The maximum absolute atomic E-state index is 12.8. The molecular weight excluding hydrogens is 332 g/mol. The van der Waals surface area contributed by atoms with Gasteiger partial charge >= 0.3 is 0 Å². The van der Waals surface area contributed by atoms with Crippen molar-refractivity contribution in [2.75, 3.05) is 5.32 Å². The lowest BCUT2D eigenvalue weighted by atomic mass is 10.2. The van der Waals surface area contributed by atoms with Gasteiger partial charge < -0.3 is 9.73 Å². The van der Waals surface area contributed by atoms with Gasteiger partial charge in [-0.05, 0) is 31.2 Å². The van der Waals surface area contributed by atoms with Gasteiger partial charge in [0.25, 0.3) is 11.5 Å². The molecule has 0 spiro atoms. The summed E-state index contributed by atoms with van der Waals surface area (Å²) in [5, 5.41) is 11.8. The SMILES string of the molecule is Cc1c(NC(=O)/C(C#N)=C/c2ccco2)c(=O)n(-c2ccccc2)n1C. The molecule has 0 saturated carbocycles. The van der Waals surface area contributed by atoms with Gasteiger partial charge in [-0.1, -0.05) is 18.2 Å². The molecule has 7 nitrogen and oxygen atoms in total. The number of furan rings is 1. The van der Waals surface area contributed by atoms with Gasteiger partial charge in [0.05, 0.1) is 17.6 Å². The summed E-state index contributed by atoms with van der Waals surface area (Å²) in [4.78, 5) is 25.2. The van der Waals surface area contributed by atoms with Crippen molar-refractivity contribution in [3.63, 3.8) is 0 Å². The van der Waals surface area contributed by atoms with E-state index in [1.54, 1.807) is 42.9 Å². The standard InChI is InChI=1S/C19H16N4O3/c1-13-17(19(25)23(22(13)2)15-7-4-3-5-8-15)21-18(24)14(12-20)11-16-9-6-10-26-16/h3-11H,1-2H3,(H,21,24)/b14-11+. The van der Waals surface area contributed by atoms with Crippen molar-refractivity contribution in [3.8, 4) is 11.8 Å². The summed E-state index contributed by atoms with van der Waals surface area (Å²) in [6.45, 7) is 1.72. The van der Waals surface area contributed by atoms with Crippen molar-refractivity contribution in [2.45, 2.75) is 6.92 Å². The molecule has 3 aromatic rings. The molecule has 1 N–H and O–H groups in total. The fourth-order valence-corrected chi connectivity index (χ4v) is 2.56. The number of para-hydroxylation sites is 1. The van der Waals surface area contributed by atoms with E-state index in [4.69, 9.17) is 4.42 Å². The summed E-state index contributed by atoms with van der Waals surface area (Å²) in [6, 6.07) is 14.2. The highest BCUT2D eigenvalue weighted by Gasteiger charge is 2.20. The molecule has 2 aromatic heterocycles. The Balaban J connectivity index is 1.97.